The average Bonchev–Trinajstić information content (AvgIpc) is 2.79. The fourth-order valence-corrected chi connectivity index (χ4v) is 3.40. The molecule has 1 aromatic carbocycles. The van der Waals surface area contributed by atoms with Gasteiger partial charge in [0.15, 0.2) is 0 Å². The van der Waals surface area contributed by atoms with E-state index in [1.54, 1.807) is 27.7 Å². The third-order valence-corrected chi connectivity index (χ3v) is 5.03. The molecule has 2 aromatic rings. The molecule has 176 valence electrons. The number of aliphatic carboxylic acids is 1. The van der Waals surface area contributed by atoms with E-state index >= 15 is 0 Å². The molecular weight excluding hydrogens is 431 g/mol. The highest BCUT2D eigenvalue weighted by atomic mass is 19.4. The molecule has 0 bridgehead atoms. The number of nitrogens with zero attached hydrogens (tertiary/aromatic N) is 3. The largest absolute Gasteiger partial charge is 0.497 e. The Kier molecular flexibility index (Phi) is 9.06. The zero-order valence-corrected chi connectivity index (χ0v) is 18.0. The summed E-state index contributed by atoms with van der Waals surface area (Å²) < 4.78 is 47.9. The summed E-state index contributed by atoms with van der Waals surface area (Å²) >= 11 is 0. The number of aromatic nitrogens is 2. The van der Waals surface area contributed by atoms with Crippen LogP contribution in [0.5, 0.6) is 11.6 Å². The van der Waals surface area contributed by atoms with Crippen molar-refractivity contribution in [3.8, 4) is 11.6 Å². The standard InChI is InChI=1S/C19H25N3O3.C2HF3O2/c1-23-16-6-4-14(5-7-16)10-15-12-22(9-8-17(15)24-2)18-11-19(25-3)21-13-20-18;3-2(4,5)1(6)7/h4-7,11,13,15,17H,8-10,12H2,1-3H3;(H,6,7)/t15-,17+;/m0./s1. The summed E-state index contributed by atoms with van der Waals surface area (Å²) in [6.07, 6.45) is -1.35. The van der Waals surface area contributed by atoms with Gasteiger partial charge >= 0.3 is 12.1 Å². The van der Waals surface area contributed by atoms with Crippen molar-refractivity contribution in [2.45, 2.75) is 25.1 Å². The Bertz CT molecular complexity index is 865. The van der Waals surface area contributed by atoms with Crippen LogP contribution < -0.4 is 14.4 Å². The molecule has 0 unspecified atom stereocenters. The first-order valence-electron chi connectivity index (χ1n) is 9.74. The van der Waals surface area contributed by atoms with Gasteiger partial charge < -0.3 is 24.2 Å². The van der Waals surface area contributed by atoms with Crippen molar-refractivity contribution in [3.63, 3.8) is 0 Å². The number of ether oxygens (including phenoxy) is 3. The minimum absolute atomic E-state index is 0.252. The quantitative estimate of drug-likeness (QED) is 0.707. The van der Waals surface area contributed by atoms with E-state index in [-0.39, 0.29) is 6.10 Å². The minimum atomic E-state index is -5.08. The minimum Gasteiger partial charge on any atom is -0.497 e. The highest BCUT2D eigenvalue weighted by Gasteiger charge is 2.38. The Hall–Kier alpha value is -3.08. The van der Waals surface area contributed by atoms with Crippen LogP contribution in [-0.2, 0) is 16.0 Å². The number of carboxylic acids is 1. The second-order valence-electron chi connectivity index (χ2n) is 7.04. The second-order valence-corrected chi connectivity index (χ2v) is 7.04. The van der Waals surface area contributed by atoms with Gasteiger partial charge in [-0.15, -0.1) is 0 Å². The van der Waals surface area contributed by atoms with Crippen LogP contribution in [0.4, 0.5) is 19.0 Å². The molecule has 2 atom stereocenters. The maximum absolute atomic E-state index is 10.6. The predicted molar refractivity (Wildman–Crippen MR) is 110 cm³/mol. The Morgan fingerprint density at radius 1 is 1.16 bits per heavy atom. The Balaban J connectivity index is 0.000000451. The molecule has 1 aliphatic rings. The first-order chi connectivity index (χ1) is 15.2. The molecule has 11 heteroatoms. The third-order valence-electron chi connectivity index (χ3n) is 5.03. The van der Waals surface area contributed by atoms with Crippen molar-refractivity contribution in [1.82, 2.24) is 9.97 Å². The zero-order valence-electron chi connectivity index (χ0n) is 18.0. The number of halogens is 3. The van der Waals surface area contributed by atoms with Crippen LogP contribution in [0.15, 0.2) is 36.7 Å². The molecule has 0 spiro atoms. The number of rotatable bonds is 6. The lowest BCUT2D eigenvalue weighted by molar-refractivity contribution is -0.192. The summed E-state index contributed by atoms with van der Waals surface area (Å²) in [7, 11) is 5.11. The van der Waals surface area contributed by atoms with E-state index in [1.807, 2.05) is 18.2 Å². The first-order valence-corrected chi connectivity index (χ1v) is 9.74. The van der Waals surface area contributed by atoms with Crippen LogP contribution in [0.3, 0.4) is 0 Å². The van der Waals surface area contributed by atoms with Crippen LogP contribution in [0.25, 0.3) is 0 Å². The van der Waals surface area contributed by atoms with E-state index in [0.717, 1.165) is 37.5 Å². The summed E-state index contributed by atoms with van der Waals surface area (Å²) in [5.41, 5.74) is 1.29. The lowest BCUT2D eigenvalue weighted by Gasteiger charge is -2.38. The molecule has 32 heavy (non-hydrogen) atoms. The topological polar surface area (TPSA) is 94.0 Å². The number of anilines is 1. The second kappa shape index (κ2) is 11.5. The molecular formula is C21H26F3N3O5. The van der Waals surface area contributed by atoms with Crippen molar-refractivity contribution < 1.29 is 37.3 Å². The molecule has 1 fully saturated rings. The Morgan fingerprint density at radius 2 is 1.81 bits per heavy atom. The molecule has 1 saturated heterocycles. The van der Waals surface area contributed by atoms with Gasteiger partial charge in [-0.05, 0) is 30.5 Å². The number of benzene rings is 1. The summed E-state index contributed by atoms with van der Waals surface area (Å²) in [6, 6.07) is 10.1. The molecule has 0 saturated carbocycles. The number of carbonyl (C=O) groups is 1. The van der Waals surface area contributed by atoms with Crippen molar-refractivity contribution in [1.29, 1.82) is 0 Å². The lowest BCUT2D eigenvalue weighted by atomic mass is 9.88. The van der Waals surface area contributed by atoms with Gasteiger partial charge in [-0.3, -0.25) is 0 Å². The van der Waals surface area contributed by atoms with Gasteiger partial charge in [0.25, 0.3) is 0 Å². The van der Waals surface area contributed by atoms with Crippen LogP contribution in [0.2, 0.25) is 0 Å². The van der Waals surface area contributed by atoms with Crippen molar-refractivity contribution in [3.05, 3.63) is 42.2 Å². The van der Waals surface area contributed by atoms with Crippen LogP contribution in [0.1, 0.15) is 12.0 Å². The van der Waals surface area contributed by atoms with Gasteiger partial charge in [-0.2, -0.15) is 13.2 Å². The predicted octanol–water partition coefficient (Wildman–Crippen LogP) is 3.21. The van der Waals surface area contributed by atoms with E-state index in [1.165, 1.54) is 5.56 Å². The van der Waals surface area contributed by atoms with Crippen molar-refractivity contribution in [2.24, 2.45) is 5.92 Å². The maximum Gasteiger partial charge on any atom is 0.490 e. The molecule has 0 amide bonds. The third kappa shape index (κ3) is 7.26. The highest BCUT2D eigenvalue weighted by molar-refractivity contribution is 5.73. The normalized spacial score (nSPS) is 18.4. The Morgan fingerprint density at radius 3 is 2.34 bits per heavy atom. The maximum atomic E-state index is 10.6. The zero-order chi connectivity index (χ0) is 23.7. The number of piperidine rings is 1. The summed E-state index contributed by atoms with van der Waals surface area (Å²) in [4.78, 5) is 19.7. The summed E-state index contributed by atoms with van der Waals surface area (Å²) in [5.74, 6) is 0.0118. The average molecular weight is 457 g/mol. The Labute approximate surface area is 183 Å². The van der Waals surface area contributed by atoms with Gasteiger partial charge in [-0.1, -0.05) is 12.1 Å². The van der Waals surface area contributed by atoms with Gasteiger partial charge in [0, 0.05) is 32.2 Å². The molecule has 0 aliphatic carbocycles. The SMILES string of the molecule is COc1ccc(C[C@H]2CN(c3cc(OC)ncn3)CC[C@H]2OC)cc1.O=C(O)C(F)(F)F. The van der Waals surface area contributed by atoms with E-state index in [9.17, 15) is 13.2 Å². The first kappa shape index (κ1) is 25.2. The smallest absolute Gasteiger partial charge is 0.490 e. The molecule has 1 N–H and O–H groups in total. The van der Waals surface area contributed by atoms with E-state index in [0.29, 0.717) is 11.8 Å². The van der Waals surface area contributed by atoms with Crippen LogP contribution >= 0.6 is 0 Å². The van der Waals surface area contributed by atoms with Gasteiger partial charge in [0.05, 0.1) is 20.3 Å². The number of carboxylic acid groups (broad SMARTS) is 1. The summed E-state index contributed by atoms with van der Waals surface area (Å²) in [6.45, 7) is 1.81. The van der Waals surface area contributed by atoms with Crippen LogP contribution in [0, 0.1) is 5.92 Å². The van der Waals surface area contributed by atoms with Gasteiger partial charge in [0.1, 0.15) is 17.9 Å². The molecule has 1 aliphatic heterocycles. The molecule has 1 aromatic heterocycles. The molecule has 0 radical (unpaired) electrons. The molecule has 2 heterocycles. The number of hydrogen-bond donors (Lipinski definition) is 1. The fraction of sp³-hybridized carbons (Fsp3) is 0.476. The van der Waals surface area contributed by atoms with E-state index < -0.39 is 12.1 Å². The van der Waals surface area contributed by atoms with Gasteiger partial charge in [-0.25, -0.2) is 14.8 Å². The lowest BCUT2D eigenvalue weighted by Crippen LogP contribution is -2.45. The fourth-order valence-electron chi connectivity index (χ4n) is 3.40. The highest BCUT2D eigenvalue weighted by Crippen LogP contribution is 2.28. The monoisotopic (exact) mass is 457 g/mol. The summed E-state index contributed by atoms with van der Waals surface area (Å²) in [5, 5.41) is 7.12. The van der Waals surface area contributed by atoms with Crippen molar-refractivity contribution >= 4 is 11.8 Å². The van der Waals surface area contributed by atoms with E-state index in [2.05, 4.69) is 27.0 Å². The van der Waals surface area contributed by atoms with Gasteiger partial charge in [0.2, 0.25) is 5.88 Å². The number of methoxy groups -OCH3 is 3. The number of hydrogen-bond acceptors (Lipinski definition) is 7. The molecule has 3 rings (SSSR count). The van der Waals surface area contributed by atoms with E-state index in [4.69, 9.17) is 24.1 Å². The van der Waals surface area contributed by atoms with Crippen LogP contribution in [-0.4, -0.2) is 67.7 Å². The molecule has 8 nitrogen and oxygen atoms in total. The number of alkyl halides is 3. The van der Waals surface area contributed by atoms with Crippen molar-refractivity contribution in [2.75, 3.05) is 39.3 Å².